The summed E-state index contributed by atoms with van der Waals surface area (Å²) < 4.78 is 22.8. The summed E-state index contributed by atoms with van der Waals surface area (Å²) >= 11 is 0. The SMILES string of the molecule is CC(=O)OC(=O)CCC(O)COCCC[Si](C)(O[Si](C)(C)C)O[Si](C)(C)C. The summed E-state index contributed by atoms with van der Waals surface area (Å²) in [6.07, 6.45) is 0.236. The molecular formula is C17H38O7Si3. The molecule has 0 aromatic heterocycles. The lowest BCUT2D eigenvalue weighted by molar-refractivity contribution is -0.158. The van der Waals surface area contributed by atoms with Gasteiger partial charge in [0.25, 0.3) is 0 Å². The minimum atomic E-state index is -2.26. The molecule has 1 unspecified atom stereocenters. The number of hydrogen-bond donors (Lipinski definition) is 1. The van der Waals surface area contributed by atoms with Crippen molar-refractivity contribution in [3.05, 3.63) is 0 Å². The van der Waals surface area contributed by atoms with Crippen molar-refractivity contribution in [2.45, 2.75) is 84.2 Å². The molecule has 1 N–H and O–H groups in total. The maximum atomic E-state index is 11.3. The molecule has 0 radical (unpaired) electrons. The summed E-state index contributed by atoms with van der Waals surface area (Å²) in [5, 5.41) is 9.85. The Kier molecular flexibility index (Phi) is 11.4. The summed E-state index contributed by atoms with van der Waals surface area (Å²) in [5.74, 6) is -1.27. The fourth-order valence-electron chi connectivity index (χ4n) is 2.71. The molecule has 0 amide bonds. The highest BCUT2D eigenvalue weighted by atomic mass is 28.5. The van der Waals surface area contributed by atoms with E-state index < -0.39 is 43.2 Å². The van der Waals surface area contributed by atoms with Crippen molar-refractivity contribution in [2.75, 3.05) is 13.2 Å². The minimum absolute atomic E-state index is 0.0107. The van der Waals surface area contributed by atoms with E-state index in [9.17, 15) is 14.7 Å². The van der Waals surface area contributed by atoms with Crippen LogP contribution in [0.5, 0.6) is 0 Å². The Hall–Kier alpha value is -0.369. The number of ether oxygens (including phenoxy) is 2. The van der Waals surface area contributed by atoms with E-state index in [0.29, 0.717) is 6.61 Å². The second-order valence-corrected chi connectivity index (χ2v) is 21.7. The quantitative estimate of drug-likeness (QED) is 0.204. The number of esters is 2. The van der Waals surface area contributed by atoms with Gasteiger partial charge in [-0.25, -0.2) is 0 Å². The summed E-state index contributed by atoms with van der Waals surface area (Å²) in [6, 6.07) is 0.850. The van der Waals surface area contributed by atoms with E-state index in [1.165, 1.54) is 6.92 Å². The first-order valence-electron chi connectivity index (χ1n) is 9.49. The van der Waals surface area contributed by atoms with Crippen LogP contribution in [0.15, 0.2) is 0 Å². The van der Waals surface area contributed by atoms with Crippen molar-refractivity contribution >= 4 is 37.1 Å². The van der Waals surface area contributed by atoms with E-state index in [-0.39, 0.29) is 19.4 Å². The highest BCUT2D eigenvalue weighted by molar-refractivity contribution is 6.87. The molecular weight excluding hydrogens is 400 g/mol. The minimum Gasteiger partial charge on any atom is -0.437 e. The van der Waals surface area contributed by atoms with Crippen LogP contribution in [-0.4, -0.2) is 61.6 Å². The molecule has 0 saturated heterocycles. The third kappa shape index (κ3) is 16.3. The molecule has 0 heterocycles. The van der Waals surface area contributed by atoms with E-state index >= 15 is 0 Å². The fourth-order valence-corrected chi connectivity index (χ4v) is 15.2. The van der Waals surface area contributed by atoms with Crippen LogP contribution in [0.4, 0.5) is 0 Å². The first kappa shape index (κ1) is 26.6. The number of carbonyl (C=O) groups is 2. The average molecular weight is 439 g/mol. The second kappa shape index (κ2) is 11.6. The highest BCUT2D eigenvalue weighted by Crippen LogP contribution is 2.25. The zero-order valence-electron chi connectivity index (χ0n) is 18.2. The summed E-state index contributed by atoms with van der Waals surface area (Å²) in [6.45, 7) is 17.0. The van der Waals surface area contributed by atoms with Gasteiger partial charge in [0.05, 0.1) is 12.7 Å². The van der Waals surface area contributed by atoms with Crippen LogP contribution in [0.1, 0.15) is 26.2 Å². The van der Waals surface area contributed by atoms with E-state index in [0.717, 1.165) is 12.5 Å². The van der Waals surface area contributed by atoms with Gasteiger partial charge in [-0.3, -0.25) is 9.59 Å². The largest absolute Gasteiger partial charge is 0.437 e. The lowest BCUT2D eigenvalue weighted by atomic mass is 10.2. The molecule has 0 aliphatic carbocycles. The van der Waals surface area contributed by atoms with Crippen LogP contribution in [-0.2, 0) is 27.3 Å². The van der Waals surface area contributed by atoms with Gasteiger partial charge in [0.1, 0.15) is 0 Å². The molecule has 0 saturated carbocycles. The van der Waals surface area contributed by atoms with Crippen LogP contribution < -0.4 is 0 Å². The summed E-state index contributed by atoms with van der Waals surface area (Å²) in [5.41, 5.74) is 0. The predicted octanol–water partition coefficient (Wildman–Crippen LogP) is 3.40. The van der Waals surface area contributed by atoms with Crippen LogP contribution in [0, 0.1) is 0 Å². The van der Waals surface area contributed by atoms with E-state index in [1.54, 1.807) is 0 Å². The molecule has 0 aliphatic heterocycles. The average Bonchev–Trinajstić information content (AvgIpc) is 2.39. The lowest BCUT2D eigenvalue weighted by Gasteiger charge is -2.38. The lowest BCUT2D eigenvalue weighted by Crippen LogP contribution is -2.52. The van der Waals surface area contributed by atoms with Gasteiger partial charge in [0.2, 0.25) is 0 Å². The Labute approximate surface area is 167 Å². The first-order chi connectivity index (χ1) is 12.1. The predicted molar refractivity (Wildman–Crippen MR) is 113 cm³/mol. The molecule has 0 aromatic carbocycles. The smallest absolute Gasteiger partial charge is 0.314 e. The standard InChI is InChI=1S/C17H38O7Si3/c1-15(18)22-17(20)11-10-16(19)14-21-12-9-13-27(8,23-25(2,3)4)24-26(5,6)7/h16,19H,9-14H2,1-8H3. The van der Waals surface area contributed by atoms with Gasteiger partial charge in [0, 0.05) is 20.0 Å². The Morgan fingerprint density at radius 1 is 0.963 bits per heavy atom. The van der Waals surface area contributed by atoms with Crippen LogP contribution >= 0.6 is 0 Å². The second-order valence-electron chi connectivity index (χ2n) is 8.90. The van der Waals surface area contributed by atoms with Gasteiger partial charge in [-0.15, -0.1) is 0 Å². The van der Waals surface area contributed by atoms with Crippen molar-refractivity contribution in [3.63, 3.8) is 0 Å². The van der Waals surface area contributed by atoms with Gasteiger partial charge < -0.3 is 22.8 Å². The topological polar surface area (TPSA) is 91.3 Å². The van der Waals surface area contributed by atoms with Gasteiger partial charge in [-0.1, -0.05) is 0 Å². The first-order valence-corrected chi connectivity index (χ1v) is 18.8. The van der Waals surface area contributed by atoms with Crippen LogP contribution in [0.3, 0.4) is 0 Å². The Bertz CT molecular complexity index is 456. The normalized spacial score (nSPS) is 14.1. The van der Waals surface area contributed by atoms with E-state index in [2.05, 4.69) is 50.6 Å². The van der Waals surface area contributed by atoms with Crippen molar-refractivity contribution in [3.8, 4) is 0 Å². The molecule has 7 nitrogen and oxygen atoms in total. The number of hydrogen-bond acceptors (Lipinski definition) is 7. The summed E-state index contributed by atoms with van der Waals surface area (Å²) in [4.78, 5) is 21.9. The summed E-state index contributed by atoms with van der Waals surface area (Å²) in [7, 11) is -5.66. The molecule has 0 aliphatic rings. The zero-order chi connectivity index (χ0) is 21.3. The molecule has 0 fully saturated rings. The van der Waals surface area contributed by atoms with Crippen molar-refractivity contribution in [2.24, 2.45) is 0 Å². The number of carbonyl (C=O) groups excluding carboxylic acids is 2. The van der Waals surface area contributed by atoms with Crippen LogP contribution in [0.25, 0.3) is 0 Å². The third-order valence-electron chi connectivity index (χ3n) is 3.21. The molecule has 0 aromatic rings. The zero-order valence-corrected chi connectivity index (χ0v) is 21.2. The Morgan fingerprint density at radius 2 is 1.48 bits per heavy atom. The maximum Gasteiger partial charge on any atom is 0.314 e. The van der Waals surface area contributed by atoms with Crippen molar-refractivity contribution in [1.82, 2.24) is 0 Å². The van der Waals surface area contributed by atoms with Gasteiger partial charge >= 0.3 is 20.5 Å². The molecule has 0 spiro atoms. The molecule has 0 bridgehead atoms. The van der Waals surface area contributed by atoms with Gasteiger partial charge in [-0.05, 0) is 64.7 Å². The van der Waals surface area contributed by atoms with Crippen LogP contribution in [0.2, 0.25) is 51.9 Å². The number of rotatable bonds is 13. The van der Waals surface area contributed by atoms with E-state index in [1.807, 2.05) is 0 Å². The van der Waals surface area contributed by atoms with Gasteiger partial charge in [0.15, 0.2) is 16.6 Å². The molecule has 1 atom stereocenters. The number of aliphatic hydroxyl groups is 1. The van der Waals surface area contributed by atoms with Crippen molar-refractivity contribution < 1.29 is 32.4 Å². The number of aliphatic hydroxyl groups excluding tert-OH is 1. The highest BCUT2D eigenvalue weighted by Gasteiger charge is 2.39. The molecule has 27 heavy (non-hydrogen) atoms. The Morgan fingerprint density at radius 3 is 1.93 bits per heavy atom. The molecule has 10 heteroatoms. The monoisotopic (exact) mass is 438 g/mol. The van der Waals surface area contributed by atoms with Gasteiger partial charge in [-0.2, -0.15) is 0 Å². The van der Waals surface area contributed by atoms with Crippen molar-refractivity contribution in [1.29, 1.82) is 0 Å². The third-order valence-corrected chi connectivity index (χ3v) is 12.8. The molecule has 160 valence electrons. The van der Waals surface area contributed by atoms with E-state index in [4.69, 9.17) is 13.0 Å². The fraction of sp³-hybridized carbons (Fsp3) is 0.882. The maximum absolute atomic E-state index is 11.3. The molecule has 0 rings (SSSR count). The Balaban J connectivity index is 4.22.